The highest BCUT2D eigenvalue weighted by atomic mass is 16.6. The van der Waals surface area contributed by atoms with Crippen LogP contribution in [0.5, 0.6) is 0 Å². The summed E-state index contributed by atoms with van der Waals surface area (Å²) in [5.74, 6) is -0.182. The predicted octanol–water partition coefficient (Wildman–Crippen LogP) is 4.17. The first-order chi connectivity index (χ1) is 13.0. The Morgan fingerprint density at radius 2 is 1.89 bits per heavy atom. The highest BCUT2D eigenvalue weighted by Crippen LogP contribution is 2.33. The average Bonchev–Trinajstić information content (AvgIpc) is 3.11. The number of nitrogens with zero attached hydrogens (tertiary/aromatic N) is 3. The lowest BCUT2D eigenvalue weighted by atomic mass is 10.1. The van der Waals surface area contributed by atoms with E-state index in [2.05, 4.69) is 4.98 Å². The number of nitro benzene ring substituents is 1. The van der Waals surface area contributed by atoms with Crippen molar-refractivity contribution in [3.8, 4) is 11.3 Å². The minimum Gasteiger partial charge on any atom is -0.307 e. The second kappa shape index (κ2) is 6.64. The van der Waals surface area contributed by atoms with Crippen LogP contribution < -0.4 is 4.90 Å². The number of hydrogen-bond acceptors (Lipinski definition) is 4. The average molecular weight is 359 g/mol. The Bertz CT molecular complexity index is 1050. The highest BCUT2D eigenvalue weighted by Gasteiger charge is 2.28. The topological polar surface area (TPSA) is 76.3 Å². The molecule has 0 saturated heterocycles. The fourth-order valence-corrected chi connectivity index (χ4v) is 3.39. The molecule has 0 atom stereocenters. The number of aryl methyl sites for hydroxylation is 1. The first kappa shape index (κ1) is 16.9. The summed E-state index contributed by atoms with van der Waals surface area (Å²) < 4.78 is 0. The summed E-state index contributed by atoms with van der Waals surface area (Å²) in [7, 11) is 0. The van der Waals surface area contributed by atoms with Gasteiger partial charge in [0.15, 0.2) is 0 Å². The molecule has 0 N–H and O–H groups in total. The third kappa shape index (κ3) is 3.06. The Morgan fingerprint density at radius 1 is 1.11 bits per heavy atom. The zero-order valence-corrected chi connectivity index (χ0v) is 14.8. The van der Waals surface area contributed by atoms with Gasteiger partial charge < -0.3 is 4.90 Å². The van der Waals surface area contributed by atoms with E-state index in [1.54, 1.807) is 17.0 Å². The van der Waals surface area contributed by atoms with Gasteiger partial charge in [-0.1, -0.05) is 36.4 Å². The van der Waals surface area contributed by atoms with Gasteiger partial charge in [0, 0.05) is 24.2 Å². The number of amides is 1. The smallest absolute Gasteiger partial charge is 0.271 e. The molecular formula is C21H17N3O3. The lowest BCUT2D eigenvalue weighted by Gasteiger charge is -2.18. The lowest BCUT2D eigenvalue weighted by Crippen LogP contribution is -2.29. The molecule has 4 rings (SSSR count). The molecule has 0 fully saturated rings. The first-order valence-corrected chi connectivity index (χ1v) is 8.67. The molecule has 2 aromatic carbocycles. The number of non-ortho nitro benzene ring substituents is 1. The van der Waals surface area contributed by atoms with E-state index in [0.717, 1.165) is 16.8 Å². The van der Waals surface area contributed by atoms with Gasteiger partial charge in [-0.15, -0.1) is 0 Å². The first-order valence-electron chi connectivity index (χ1n) is 8.67. The molecule has 0 radical (unpaired) electrons. The Kier molecular flexibility index (Phi) is 4.16. The number of fused-ring (bicyclic) bond motifs is 1. The van der Waals surface area contributed by atoms with Gasteiger partial charge in [0.2, 0.25) is 0 Å². The number of carbonyl (C=O) groups excluding carboxylic acids is 1. The van der Waals surface area contributed by atoms with Crippen LogP contribution in [0.15, 0.2) is 60.7 Å². The molecule has 134 valence electrons. The van der Waals surface area contributed by atoms with Crippen LogP contribution in [0.2, 0.25) is 0 Å². The highest BCUT2D eigenvalue weighted by molar-refractivity contribution is 6.08. The number of rotatable bonds is 3. The van der Waals surface area contributed by atoms with Crippen LogP contribution in [0.3, 0.4) is 0 Å². The lowest BCUT2D eigenvalue weighted by molar-refractivity contribution is -0.384. The van der Waals surface area contributed by atoms with Crippen molar-refractivity contribution in [3.05, 3.63) is 87.6 Å². The molecule has 1 aliphatic heterocycles. The number of nitro groups is 1. The molecule has 1 amide bonds. The van der Waals surface area contributed by atoms with E-state index in [0.29, 0.717) is 29.9 Å². The molecule has 0 aliphatic carbocycles. The number of carbonyl (C=O) groups is 1. The maximum Gasteiger partial charge on any atom is 0.271 e. The second-order valence-electron chi connectivity index (χ2n) is 6.47. The van der Waals surface area contributed by atoms with Gasteiger partial charge in [-0.25, -0.2) is 0 Å². The summed E-state index contributed by atoms with van der Waals surface area (Å²) >= 11 is 0. The van der Waals surface area contributed by atoms with Crippen LogP contribution in [-0.2, 0) is 6.42 Å². The predicted molar refractivity (Wildman–Crippen MR) is 103 cm³/mol. The van der Waals surface area contributed by atoms with Crippen LogP contribution in [0.1, 0.15) is 21.6 Å². The number of aromatic nitrogens is 1. The maximum absolute atomic E-state index is 13.1. The fraction of sp³-hybridized carbons (Fsp3) is 0.143. The second-order valence-corrected chi connectivity index (χ2v) is 6.47. The Balaban J connectivity index is 1.67. The molecule has 1 aromatic heterocycles. The Hall–Kier alpha value is -3.54. The summed E-state index contributed by atoms with van der Waals surface area (Å²) in [5, 5.41) is 11.1. The molecule has 0 saturated carbocycles. The quantitative estimate of drug-likeness (QED) is 0.519. The molecule has 27 heavy (non-hydrogen) atoms. The largest absolute Gasteiger partial charge is 0.307 e. The maximum atomic E-state index is 13.1. The van der Waals surface area contributed by atoms with Gasteiger partial charge in [-0.2, -0.15) is 0 Å². The minimum atomic E-state index is -0.442. The van der Waals surface area contributed by atoms with Crippen molar-refractivity contribution in [2.75, 3.05) is 11.4 Å². The van der Waals surface area contributed by atoms with Gasteiger partial charge in [0.1, 0.15) is 0 Å². The third-order valence-electron chi connectivity index (χ3n) is 4.81. The van der Waals surface area contributed by atoms with Crippen molar-refractivity contribution < 1.29 is 9.72 Å². The van der Waals surface area contributed by atoms with E-state index >= 15 is 0 Å². The van der Waals surface area contributed by atoms with E-state index in [4.69, 9.17) is 0 Å². The normalized spacial score (nSPS) is 12.7. The van der Waals surface area contributed by atoms with Gasteiger partial charge in [-0.3, -0.25) is 19.9 Å². The van der Waals surface area contributed by atoms with Gasteiger partial charge >= 0.3 is 0 Å². The molecule has 2 heterocycles. The van der Waals surface area contributed by atoms with Gasteiger partial charge in [0.05, 0.1) is 27.6 Å². The van der Waals surface area contributed by atoms with Crippen LogP contribution in [-0.4, -0.2) is 22.4 Å². The van der Waals surface area contributed by atoms with Gasteiger partial charge in [0.25, 0.3) is 11.6 Å². The van der Waals surface area contributed by atoms with Crippen molar-refractivity contribution in [3.63, 3.8) is 0 Å². The van der Waals surface area contributed by atoms with E-state index < -0.39 is 4.92 Å². The van der Waals surface area contributed by atoms with Crippen molar-refractivity contribution in [1.82, 2.24) is 4.98 Å². The Morgan fingerprint density at radius 3 is 2.59 bits per heavy atom. The van der Waals surface area contributed by atoms with Crippen LogP contribution in [0, 0.1) is 17.0 Å². The van der Waals surface area contributed by atoms with Crippen LogP contribution in [0.4, 0.5) is 11.4 Å². The van der Waals surface area contributed by atoms with Crippen molar-refractivity contribution in [2.24, 2.45) is 0 Å². The standard InChI is InChI=1S/C21H17N3O3/c1-14-18(9-10-19(22-14)15-5-3-2-4-6-15)21(25)23-12-11-16-7-8-17(24(26)27)13-20(16)23/h2-10,13H,11-12H2,1H3. The molecule has 0 bridgehead atoms. The summed E-state index contributed by atoms with van der Waals surface area (Å²) in [5.41, 5.74) is 4.49. The van der Waals surface area contributed by atoms with Crippen LogP contribution in [0.25, 0.3) is 11.3 Å². The monoisotopic (exact) mass is 359 g/mol. The molecule has 6 heteroatoms. The number of pyridine rings is 1. The van der Waals surface area contributed by atoms with Crippen molar-refractivity contribution in [2.45, 2.75) is 13.3 Å². The molecule has 6 nitrogen and oxygen atoms in total. The van der Waals surface area contributed by atoms with Crippen molar-refractivity contribution >= 4 is 17.3 Å². The minimum absolute atomic E-state index is 0.0114. The van der Waals surface area contributed by atoms with E-state index in [1.165, 1.54) is 12.1 Å². The van der Waals surface area contributed by atoms with Gasteiger partial charge in [-0.05, 0) is 31.0 Å². The molecule has 0 spiro atoms. The van der Waals surface area contributed by atoms with Crippen LogP contribution >= 0.6 is 0 Å². The fourth-order valence-electron chi connectivity index (χ4n) is 3.39. The number of benzene rings is 2. The van der Waals surface area contributed by atoms with E-state index in [9.17, 15) is 14.9 Å². The number of hydrogen-bond donors (Lipinski definition) is 0. The van der Waals surface area contributed by atoms with E-state index in [-0.39, 0.29) is 11.6 Å². The summed E-state index contributed by atoms with van der Waals surface area (Å²) in [6.07, 6.45) is 0.688. The molecule has 0 unspecified atom stereocenters. The molecule has 3 aromatic rings. The molecular weight excluding hydrogens is 342 g/mol. The Labute approximate surface area is 156 Å². The number of anilines is 1. The zero-order valence-electron chi connectivity index (χ0n) is 14.8. The zero-order chi connectivity index (χ0) is 19.0. The van der Waals surface area contributed by atoms with E-state index in [1.807, 2.05) is 43.3 Å². The summed E-state index contributed by atoms with van der Waals surface area (Å²) in [6.45, 7) is 2.32. The van der Waals surface area contributed by atoms with Crippen molar-refractivity contribution in [1.29, 1.82) is 0 Å². The summed E-state index contributed by atoms with van der Waals surface area (Å²) in [6, 6.07) is 18.1. The third-order valence-corrected chi connectivity index (χ3v) is 4.81. The summed E-state index contributed by atoms with van der Waals surface area (Å²) in [4.78, 5) is 29.9. The SMILES string of the molecule is Cc1nc(-c2ccccc2)ccc1C(=O)N1CCc2ccc([N+](=O)[O-])cc21. The molecule has 1 aliphatic rings.